The van der Waals surface area contributed by atoms with E-state index in [4.69, 9.17) is 5.11 Å². The number of carbonyl (C=O) groups excluding carboxylic acids is 1. The molecule has 116 valence electrons. The monoisotopic (exact) mass is 293 g/mol. The molecule has 0 fully saturated rings. The Labute approximate surface area is 124 Å². The van der Waals surface area contributed by atoms with Crippen LogP contribution in [0, 0.1) is 0 Å². The summed E-state index contributed by atoms with van der Waals surface area (Å²) in [7, 11) is 0. The van der Waals surface area contributed by atoms with Crippen LogP contribution in [-0.2, 0) is 6.42 Å². The van der Waals surface area contributed by atoms with Crippen LogP contribution in [0.1, 0.15) is 29.3 Å². The average molecular weight is 293 g/mol. The lowest BCUT2D eigenvalue weighted by Crippen LogP contribution is -2.37. The van der Waals surface area contributed by atoms with Crippen molar-refractivity contribution in [1.29, 1.82) is 0 Å². The molecular formula is C15H23N3O3. The van der Waals surface area contributed by atoms with Crippen molar-refractivity contribution in [3.63, 3.8) is 0 Å². The number of rotatable bonds is 9. The Morgan fingerprint density at radius 2 is 1.90 bits per heavy atom. The van der Waals surface area contributed by atoms with Crippen LogP contribution in [0.3, 0.4) is 0 Å². The lowest BCUT2D eigenvalue weighted by molar-refractivity contribution is 0.0696. The Balaban J connectivity index is 2.19. The molecule has 1 aromatic carbocycles. The second-order valence-electron chi connectivity index (χ2n) is 4.65. The molecule has 0 unspecified atom stereocenters. The van der Waals surface area contributed by atoms with Crippen LogP contribution in [0.15, 0.2) is 24.3 Å². The summed E-state index contributed by atoms with van der Waals surface area (Å²) in [6.45, 7) is 4.97. The summed E-state index contributed by atoms with van der Waals surface area (Å²) in [4.78, 5) is 22.3. The molecule has 0 aliphatic rings. The maximum atomic E-state index is 11.5. The van der Waals surface area contributed by atoms with Crippen molar-refractivity contribution in [2.24, 2.45) is 0 Å². The van der Waals surface area contributed by atoms with E-state index in [2.05, 4.69) is 16.0 Å². The van der Waals surface area contributed by atoms with E-state index in [0.717, 1.165) is 25.1 Å². The number of carbonyl (C=O) groups is 2. The predicted octanol–water partition coefficient (Wildman–Crippen LogP) is 1.23. The molecule has 1 rings (SSSR count). The van der Waals surface area contributed by atoms with E-state index in [0.29, 0.717) is 19.5 Å². The smallest absolute Gasteiger partial charge is 0.335 e. The fourth-order valence-electron chi connectivity index (χ4n) is 1.83. The number of carboxylic acid groups (broad SMARTS) is 1. The van der Waals surface area contributed by atoms with Gasteiger partial charge in [-0.25, -0.2) is 9.59 Å². The minimum Gasteiger partial charge on any atom is -0.478 e. The van der Waals surface area contributed by atoms with E-state index < -0.39 is 5.97 Å². The number of benzene rings is 1. The Bertz CT molecular complexity index is 463. The quantitative estimate of drug-likeness (QED) is 0.515. The van der Waals surface area contributed by atoms with E-state index in [-0.39, 0.29) is 11.6 Å². The van der Waals surface area contributed by atoms with Crippen LogP contribution in [0.4, 0.5) is 4.79 Å². The molecule has 0 atom stereocenters. The number of aromatic carboxylic acids is 1. The molecule has 0 aromatic heterocycles. The summed E-state index contributed by atoms with van der Waals surface area (Å²) < 4.78 is 0. The van der Waals surface area contributed by atoms with E-state index in [1.54, 1.807) is 18.2 Å². The summed E-state index contributed by atoms with van der Waals surface area (Å²) in [6, 6.07) is 6.54. The zero-order chi connectivity index (χ0) is 15.5. The van der Waals surface area contributed by atoms with Gasteiger partial charge in [0, 0.05) is 13.1 Å². The lowest BCUT2D eigenvalue weighted by atomic mass is 10.1. The van der Waals surface area contributed by atoms with Gasteiger partial charge < -0.3 is 21.1 Å². The van der Waals surface area contributed by atoms with E-state index in [9.17, 15) is 9.59 Å². The van der Waals surface area contributed by atoms with Gasteiger partial charge in [0.2, 0.25) is 0 Å². The molecule has 0 aliphatic carbocycles. The van der Waals surface area contributed by atoms with Gasteiger partial charge in [0.1, 0.15) is 0 Å². The van der Waals surface area contributed by atoms with Crippen LogP contribution in [0.25, 0.3) is 0 Å². The van der Waals surface area contributed by atoms with Crippen molar-refractivity contribution in [3.05, 3.63) is 35.4 Å². The molecule has 0 bridgehead atoms. The third kappa shape index (κ3) is 7.31. The first-order valence-electron chi connectivity index (χ1n) is 7.18. The minimum absolute atomic E-state index is 0.194. The highest BCUT2D eigenvalue weighted by molar-refractivity contribution is 5.87. The second-order valence-corrected chi connectivity index (χ2v) is 4.65. The summed E-state index contributed by atoms with van der Waals surface area (Å²) in [5, 5.41) is 17.6. The highest BCUT2D eigenvalue weighted by atomic mass is 16.4. The van der Waals surface area contributed by atoms with Crippen molar-refractivity contribution in [2.75, 3.05) is 26.2 Å². The fraction of sp³-hybridized carbons (Fsp3) is 0.467. The van der Waals surface area contributed by atoms with Gasteiger partial charge in [-0.1, -0.05) is 19.1 Å². The van der Waals surface area contributed by atoms with Crippen LogP contribution < -0.4 is 16.0 Å². The van der Waals surface area contributed by atoms with E-state index >= 15 is 0 Å². The fourth-order valence-corrected chi connectivity index (χ4v) is 1.83. The zero-order valence-corrected chi connectivity index (χ0v) is 12.3. The molecule has 6 heteroatoms. The minimum atomic E-state index is -0.941. The van der Waals surface area contributed by atoms with Crippen molar-refractivity contribution >= 4 is 12.0 Å². The van der Waals surface area contributed by atoms with Gasteiger partial charge in [-0.2, -0.15) is 0 Å². The average Bonchev–Trinajstić information content (AvgIpc) is 2.47. The molecule has 0 heterocycles. The van der Waals surface area contributed by atoms with Crippen LogP contribution in [-0.4, -0.2) is 43.3 Å². The number of urea groups is 1. The Morgan fingerprint density at radius 3 is 2.62 bits per heavy atom. The molecule has 0 saturated carbocycles. The predicted molar refractivity (Wildman–Crippen MR) is 81.7 cm³/mol. The maximum Gasteiger partial charge on any atom is 0.335 e. The van der Waals surface area contributed by atoms with E-state index in [1.165, 1.54) is 0 Å². The van der Waals surface area contributed by atoms with Gasteiger partial charge in [-0.3, -0.25) is 0 Å². The highest BCUT2D eigenvalue weighted by Gasteiger charge is 2.04. The number of amides is 2. The van der Waals surface area contributed by atoms with Crippen LogP contribution >= 0.6 is 0 Å². The van der Waals surface area contributed by atoms with Gasteiger partial charge >= 0.3 is 12.0 Å². The van der Waals surface area contributed by atoms with Gasteiger partial charge in [-0.05, 0) is 43.6 Å². The Kier molecular flexibility index (Phi) is 7.89. The van der Waals surface area contributed by atoms with Crippen molar-refractivity contribution in [3.8, 4) is 0 Å². The molecular weight excluding hydrogens is 270 g/mol. The topological polar surface area (TPSA) is 90.5 Å². The third-order valence-corrected chi connectivity index (χ3v) is 2.94. The maximum absolute atomic E-state index is 11.5. The summed E-state index contributed by atoms with van der Waals surface area (Å²) in [6.07, 6.45) is 1.49. The molecule has 4 N–H and O–H groups in total. The van der Waals surface area contributed by atoms with Crippen LogP contribution in [0.2, 0.25) is 0 Å². The number of hydrogen-bond acceptors (Lipinski definition) is 3. The van der Waals surface area contributed by atoms with Crippen molar-refractivity contribution < 1.29 is 14.7 Å². The SMILES string of the molecule is CCNCCCNC(=O)NCCc1cccc(C(=O)O)c1. The van der Waals surface area contributed by atoms with Gasteiger partial charge in [0.25, 0.3) is 0 Å². The lowest BCUT2D eigenvalue weighted by Gasteiger charge is -2.08. The van der Waals surface area contributed by atoms with Gasteiger partial charge in [0.15, 0.2) is 0 Å². The number of nitrogens with one attached hydrogen (secondary N) is 3. The molecule has 0 aliphatic heterocycles. The van der Waals surface area contributed by atoms with Crippen molar-refractivity contribution in [2.45, 2.75) is 19.8 Å². The highest BCUT2D eigenvalue weighted by Crippen LogP contribution is 2.05. The molecule has 2 amide bonds. The molecule has 6 nitrogen and oxygen atoms in total. The van der Waals surface area contributed by atoms with Crippen LogP contribution in [0.5, 0.6) is 0 Å². The largest absolute Gasteiger partial charge is 0.478 e. The van der Waals surface area contributed by atoms with Gasteiger partial charge in [0.05, 0.1) is 5.56 Å². The number of carboxylic acids is 1. The first-order chi connectivity index (χ1) is 10.1. The summed E-state index contributed by atoms with van der Waals surface area (Å²) in [5.41, 5.74) is 1.16. The first kappa shape index (κ1) is 17.0. The Hall–Kier alpha value is -2.08. The first-order valence-corrected chi connectivity index (χ1v) is 7.18. The zero-order valence-electron chi connectivity index (χ0n) is 12.3. The second kappa shape index (κ2) is 9.77. The van der Waals surface area contributed by atoms with Gasteiger partial charge in [-0.15, -0.1) is 0 Å². The molecule has 1 aromatic rings. The summed E-state index contributed by atoms with van der Waals surface area (Å²) in [5.74, 6) is -0.941. The van der Waals surface area contributed by atoms with Crippen molar-refractivity contribution in [1.82, 2.24) is 16.0 Å². The molecule has 0 spiro atoms. The molecule has 0 radical (unpaired) electrons. The summed E-state index contributed by atoms with van der Waals surface area (Å²) >= 11 is 0. The molecule has 0 saturated heterocycles. The normalized spacial score (nSPS) is 10.1. The molecule has 21 heavy (non-hydrogen) atoms. The number of hydrogen-bond donors (Lipinski definition) is 4. The third-order valence-electron chi connectivity index (χ3n) is 2.94. The Morgan fingerprint density at radius 1 is 1.14 bits per heavy atom. The van der Waals surface area contributed by atoms with E-state index in [1.807, 2.05) is 13.0 Å². The standard InChI is InChI=1S/C15H23N3O3/c1-2-16-8-4-9-17-15(21)18-10-7-12-5-3-6-13(11-12)14(19)20/h3,5-6,11,16H,2,4,7-10H2,1H3,(H,19,20)(H2,17,18,21).